The SMILES string of the molecule is CCOc1ccccc1N=C([O-])c1cc2ccccc2c(N=Nc2cc(CC)c(S(=O)(=O)O)cc2Cl)c1[O-].CCOc1ccccc1NC(=O)c1cc2ccccc2c(N=Nc2cc(CC)c(S(=O)(=O)O)cc2Cl)c1O.[Ca+2]. The van der Waals surface area contributed by atoms with Gasteiger partial charge in [-0.15, -0.1) is 15.3 Å². The molecule has 18 nitrogen and oxygen atoms in total. The number of fused-ring (bicyclic) bond motifs is 2. The van der Waals surface area contributed by atoms with Crippen molar-refractivity contribution in [3.05, 3.63) is 166 Å². The number of amides is 1. The molecule has 0 spiro atoms. The van der Waals surface area contributed by atoms with Gasteiger partial charge in [-0.3, -0.25) is 18.9 Å². The molecule has 8 aromatic rings. The summed E-state index contributed by atoms with van der Waals surface area (Å²) in [7, 11) is -8.98. The molecule has 0 unspecified atom stereocenters. The van der Waals surface area contributed by atoms with Crippen LogP contribution in [0.2, 0.25) is 10.0 Å². The van der Waals surface area contributed by atoms with Crippen LogP contribution in [-0.2, 0) is 33.1 Å². The van der Waals surface area contributed by atoms with Gasteiger partial charge >= 0.3 is 37.7 Å². The average molecular weight is 1150 g/mol. The molecule has 23 heteroatoms. The number of rotatable bonds is 16. The molecule has 0 aromatic heterocycles. The zero-order chi connectivity index (χ0) is 54.9. The van der Waals surface area contributed by atoms with E-state index in [2.05, 4.69) is 30.8 Å². The van der Waals surface area contributed by atoms with Gasteiger partial charge in [-0.1, -0.05) is 116 Å². The van der Waals surface area contributed by atoms with Crippen LogP contribution in [0.25, 0.3) is 21.5 Å². The van der Waals surface area contributed by atoms with Crippen LogP contribution in [0.1, 0.15) is 54.7 Å². The number of carbonyl (C=O) groups is 1. The van der Waals surface area contributed by atoms with Gasteiger partial charge in [0.05, 0.1) is 50.0 Å². The van der Waals surface area contributed by atoms with E-state index in [4.69, 9.17) is 32.7 Å². The number of aromatic hydroxyl groups is 1. The van der Waals surface area contributed by atoms with E-state index in [-0.39, 0.29) is 116 Å². The Labute approximate surface area is 483 Å². The van der Waals surface area contributed by atoms with E-state index in [0.717, 1.165) is 12.1 Å². The maximum Gasteiger partial charge on any atom is 2.00 e. The third-order valence-electron chi connectivity index (χ3n) is 11.4. The minimum atomic E-state index is -4.50. The summed E-state index contributed by atoms with van der Waals surface area (Å²) in [6, 6.07) is 35.5. The Balaban J connectivity index is 0.000000246. The first-order chi connectivity index (χ1) is 36.3. The average Bonchev–Trinajstić information content (AvgIpc) is 3.39. The smallest absolute Gasteiger partial charge is 0.871 e. The molecule has 8 aromatic carbocycles. The molecule has 0 heterocycles. The predicted octanol–water partition coefficient (Wildman–Crippen LogP) is 12.3. The second kappa shape index (κ2) is 26.1. The van der Waals surface area contributed by atoms with E-state index < -0.39 is 43.5 Å². The number of benzene rings is 8. The van der Waals surface area contributed by atoms with Gasteiger partial charge in [0.25, 0.3) is 26.1 Å². The molecule has 0 radical (unpaired) electrons. The second-order valence-corrected chi connectivity index (χ2v) is 19.8. The monoisotopic (exact) mass is 1140 g/mol. The number of carbonyl (C=O) groups excluding carboxylic acids is 1. The Kier molecular flexibility index (Phi) is 20.2. The maximum absolute atomic E-state index is 13.4. The van der Waals surface area contributed by atoms with Gasteiger partial charge in [-0.2, -0.15) is 21.9 Å². The molecule has 1 amide bonds. The number of anilines is 1. The second-order valence-electron chi connectivity index (χ2n) is 16.2. The number of azo groups is 2. The molecule has 4 N–H and O–H groups in total. The molecule has 0 aliphatic rings. The number of phenols is 1. The van der Waals surface area contributed by atoms with Crippen LogP contribution in [0.5, 0.6) is 23.0 Å². The molecule has 8 rings (SSSR count). The Hall–Kier alpha value is -6.72. The van der Waals surface area contributed by atoms with Crippen molar-refractivity contribution in [2.45, 2.75) is 50.3 Å². The predicted molar refractivity (Wildman–Crippen MR) is 294 cm³/mol. The molecule has 0 fully saturated rings. The third-order valence-corrected chi connectivity index (χ3v) is 13.8. The number of phenolic OH excluding ortho intramolecular Hbond substituents is 1. The van der Waals surface area contributed by atoms with Crippen LogP contribution in [0.3, 0.4) is 0 Å². The van der Waals surface area contributed by atoms with Gasteiger partial charge in [0.2, 0.25) is 0 Å². The van der Waals surface area contributed by atoms with E-state index in [1.54, 1.807) is 124 Å². The molecule has 0 bridgehead atoms. The number of halogens is 2. The summed E-state index contributed by atoms with van der Waals surface area (Å²) in [6.45, 7) is 7.83. The molecule has 0 atom stereocenters. The fraction of sp³-hybridized carbons (Fsp3) is 0.148. The molecule has 0 saturated heterocycles. The van der Waals surface area contributed by atoms with Crippen LogP contribution < -0.4 is 25.0 Å². The summed E-state index contributed by atoms with van der Waals surface area (Å²) < 4.78 is 76.8. The minimum absolute atomic E-state index is 0. The van der Waals surface area contributed by atoms with E-state index in [0.29, 0.717) is 57.5 Å². The first-order valence-electron chi connectivity index (χ1n) is 23.2. The molecule has 0 aliphatic carbocycles. The van der Waals surface area contributed by atoms with Gasteiger partial charge < -0.3 is 30.1 Å². The van der Waals surface area contributed by atoms with Crippen LogP contribution >= 0.6 is 23.2 Å². The number of aryl methyl sites for hydroxylation is 2. The van der Waals surface area contributed by atoms with Crippen molar-refractivity contribution in [1.29, 1.82) is 0 Å². The van der Waals surface area contributed by atoms with Gasteiger partial charge in [-0.25, -0.2) is 0 Å². The number of nitrogens with zero attached hydrogens (tertiary/aromatic N) is 5. The summed E-state index contributed by atoms with van der Waals surface area (Å²) in [4.78, 5) is 16.7. The summed E-state index contributed by atoms with van der Waals surface area (Å²) in [5, 5.41) is 59.0. The quantitative estimate of drug-likeness (QED) is 0.0231. The zero-order valence-corrected chi connectivity index (χ0v) is 46.9. The molecule has 77 heavy (non-hydrogen) atoms. The van der Waals surface area contributed by atoms with E-state index in [1.165, 1.54) is 18.2 Å². The van der Waals surface area contributed by atoms with Crippen molar-refractivity contribution in [2.75, 3.05) is 18.5 Å². The molecular formula is C54H46CaCl2N6O12S2. The fourth-order valence-corrected chi connectivity index (χ4v) is 9.90. The van der Waals surface area contributed by atoms with Gasteiger partial charge in [0, 0.05) is 10.8 Å². The van der Waals surface area contributed by atoms with Crippen molar-refractivity contribution in [3.63, 3.8) is 0 Å². The Bertz CT molecular complexity index is 3860. The molecule has 0 aliphatic heterocycles. The van der Waals surface area contributed by atoms with Crippen molar-refractivity contribution < 1.29 is 55.5 Å². The largest absolute Gasteiger partial charge is 2.00 e. The van der Waals surface area contributed by atoms with E-state index in [1.807, 2.05) is 6.92 Å². The van der Waals surface area contributed by atoms with E-state index in [9.17, 15) is 46.1 Å². The Morgan fingerprint density at radius 1 is 0.597 bits per heavy atom. The van der Waals surface area contributed by atoms with Crippen LogP contribution in [0, 0.1) is 0 Å². The standard InChI is InChI=1S/2C27H24ClN3O6S.Ca/c2*1-3-16-14-22(20(28)15-24(16)38(34,35)36)30-31-25-18-10-6-5-9-17(18)13-19(26(25)32)27(33)29-21-11-7-8-12-23(21)37-4-2;/h2*5-15,32H,3-4H2,1-2H3,(H,29,33)(H,34,35,36);/q;;+2/p-2. The van der Waals surface area contributed by atoms with Gasteiger partial charge in [0.15, 0.2) is 5.75 Å². The van der Waals surface area contributed by atoms with Crippen molar-refractivity contribution in [1.82, 2.24) is 0 Å². The first-order valence-corrected chi connectivity index (χ1v) is 26.8. The zero-order valence-electron chi connectivity index (χ0n) is 41.6. The molecular weight excluding hydrogens is 1100 g/mol. The number of para-hydroxylation sites is 4. The number of aliphatic imine (C=N–C) groups is 1. The van der Waals surface area contributed by atoms with E-state index >= 15 is 0 Å². The number of ether oxygens (including phenoxy) is 2. The topological polar surface area (TPSA) is 284 Å². The van der Waals surface area contributed by atoms with Crippen molar-refractivity contribution in [3.8, 4) is 23.0 Å². The van der Waals surface area contributed by atoms with Crippen LogP contribution in [-0.4, -0.2) is 93.8 Å². The summed E-state index contributed by atoms with van der Waals surface area (Å²) >= 11 is 12.4. The van der Waals surface area contributed by atoms with Gasteiger partial charge in [-0.05, 0) is 121 Å². The number of hydrogen-bond donors (Lipinski definition) is 4. The molecule has 0 saturated carbocycles. The molecule has 392 valence electrons. The number of hydrogen-bond acceptors (Lipinski definition) is 15. The summed E-state index contributed by atoms with van der Waals surface area (Å²) in [6.07, 6.45) is 0.543. The Morgan fingerprint density at radius 2 is 1.05 bits per heavy atom. The first kappa shape index (κ1) is 59.5. The normalized spacial score (nSPS) is 11.9. The minimum Gasteiger partial charge on any atom is -0.871 e. The van der Waals surface area contributed by atoms with Crippen molar-refractivity contribution in [2.24, 2.45) is 25.4 Å². The Morgan fingerprint density at radius 3 is 1.58 bits per heavy atom. The summed E-state index contributed by atoms with van der Waals surface area (Å²) in [5.74, 6) is -1.55. The number of nitrogens with one attached hydrogen (secondary N) is 1. The van der Waals surface area contributed by atoms with Crippen LogP contribution in [0.15, 0.2) is 169 Å². The maximum atomic E-state index is 13.4. The van der Waals surface area contributed by atoms with Gasteiger partial charge in [0.1, 0.15) is 34.2 Å². The van der Waals surface area contributed by atoms with Crippen molar-refractivity contribution >= 4 is 149 Å². The van der Waals surface area contributed by atoms with Crippen LogP contribution in [0.4, 0.5) is 34.1 Å². The summed E-state index contributed by atoms with van der Waals surface area (Å²) in [5.41, 5.74) is 1.19. The fourth-order valence-electron chi connectivity index (χ4n) is 7.76. The third kappa shape index (κ3) is 14.1.